The molecule has 2 aliphatic rings. The number of Topliss-reactive ketones (excluding diaryl/α,β-unsaturated/α-hetero) is 1. The van der Waals surface area contributed by atoms with Gasteiger partial charge in [0.25, 0.3) is 5.91 Å². The molecule has 14 heteroatoms. The molecule has 2 aromatic heterocycles. The van der Waals surface area contributed by atoms with Crippen LogP contribution in [0.2, 0.25) is 0 Å². The molecular weight excluding hydrogens is 749 g/mol. The third-order valence-corrected chi connectivity index (χ3v) is 12.5. The molecule has 1 atom stereocenters. The van der Waals surface area contributed by atoms with Gasteiger partial charge in [-0.15, -0.1) is 11.3 Å². The predicted octanol–water partition coefficient (Wildman–Crippen LogP) is 6.80. The summed E-state index contributed by atoms with van der Waals surface area (Å²) in [5.74, 6) is 1.85. The van der Waals surface area contributed by atoms with Crippen LogP contribution in [0.25, 0.3) is 0 Å². The normalized spacial score (nSPS) is 16.1. The number of rotatable bonds is 15. The highest BCUT2D eigenvalue weighted by Crippen LogP contribution is 2.35. The quantitative estimate of drug-likeness (QED) is 0.0668. The number of hydrogen-bond acceptors (Lipinski definition) is 10. The second-order valence-corrected chi connectivity index (χ2v) is 18.1. The molecule has 2 amide bonds. The molecule has 3 N–H and O–H groups in total. The van der Waals surface area contributed by atoms with E-state index in [-0.39, 0.29) is 22.5 Å². The predicted molar refractivity (Wildman–Crippen MR) is 218 cm³/mol. The van der Waals surface area contributed by atoms with Crippen molar-refractivity contribution < 1.29 is 27.5 Å². The topological polar surface area (TPSA) is 160 Å². The molecule has 1 aliphatic heterocycles. The number of ketones is 1. The highest BCUT2D eigenvalue weighted by atomic mass is 32.2. The van der Waals surface area contributed by atoms with Crippen LogP contribution in [0.1, 0.15) is 97.0 Å². The first-order valence-corrected chi connectivity index (χ1v) is 21.3. The summed E-state index contributed by atoms with van der Waals surface area (Å²) in [6.07, 6.45) is 6.43. The number of aromatic nitrogens is 2. The van der Waals surface area contributed by atoms with E-state index in [2.05, 4.69) is 26.9 Å². The van der Waals surface area contributed by atoms with E-state index in [9.17, 15) is 22.8 Å². The molecule has 0 bridgehead atoms. The number of fused-ring (bicyclic) bond motifs is 1. The lowest BCUT2D eigenvalue weighted by Crippen LogP contribution is -2.40. The summed E-state index contributed by atoms with van der Waals surface area (Å²) in [6, 6.07) is 13.9. The summed E-state index contributed by atoms with van der Waals surface area (Å²) in [5.41, 5.74) is 4.37. The Bertz CT molecular complexity index is 2210. The van der Waals surface area contributed by atoms with Gasteiger partial charge < -0.3 is 20.3 Å². The minimum absolute atomic E-state index is 0.0540. The third-order valence-electron chi connectivity index (χ3n) is 9.63. The first-order chi connectivity index (χ1) is 26.6. The van der Waals surface area contributed by atoms with Crippen LogP contribution in [0, 0.1) is 6.92 Å². The molecule has 0 unspecified atom stereocenters. The molecule has 4 aromatic rings. The molecule has 6 rings (SSSR count). The number of carbonyl (C=O) groups is 3. The number of nitrogens with zero attached hydrogens (tertiary/aromatic N) is 3. The molecule has 1 aliphatic carbocycles. The smallest absolute Gasteiger partial charge is 0.255 e. The number of thiophene rings is 1. The molecule has 296 valence electrons. The average Bonchev–Trinajstić information content (AvgIpc) is 3.63. The van der Waals surface area contributed by atoms with Crippen molar-refractivity contribution in [3.63, 3.8) is 0 Å². The van der Waals surface area contributed by atoms with Gasteiger partial charge >= 0.3 is 0 Å². The summed E-state index contributed by atoms with van der Waals surface area (Å²) in [4.78, 5) is 50.7. The van der Waals surface area contributed by atoms with Crippen LogP contribution in [0.4, 0.5) is 11.5 Å². The van der Waals surface area contributed by atoms with E-state index in [1.807, 2.05) is 36.6 Å². The van der Waals surface area contributed by atoms with Gasteiger partial charge in [-0.25, -0.2) is 23.1 Å². The van der Waals surface area contributed by atoms with Crippen molar-refractivity contribution in [2.45, 2.75) is 102 Å². The lowest BCUT2D eigenvalue weighted by atomic mass is 10.1. The maximum Gasteiger partial charge on any atom is 0.255 e. The Labute approximate surface area is 333 Å². The average molecular weight is 799 g/mol. The van der Waals surface area contributed by atoms with Crippen LogP contribution in [0.5, 0.6) is 5.75 Å². The lowest BCUT2D eigenvalue weighted by molar-refractivity contribution is -0.123. The van der Waals surface area contributed by atoms with Gasteiger partial charge in [0.2, 0.25) is 15.9 Å². The van der Waals surface area contributed by atoms with Crippen molar-refractivity contribution in [3.05, 3.63) is 105 Å². The second-order valence-electron chi connectivity index (χ2n) is 15.5. The van der Waals surface area contributed by atoms with Crippen LogP contribution < -0.4 is 20.1 Å². The van der Waals surface area contributed by atoms with Gasteiger partial charge in [0.1, 0.15) is 17.4 Å². The molecule has 1 saturated carbocycles. The fraction of sp³-hybridized carbons (Fsp3) is 0.405. The van der Waals surface area contributed by atoms with Crippen LogP contribution in [0.15, 0.2) is 77.2 Å². The number of nitrogens with one attached hydrogen (secondary N) is 3. The van der Waals surface area contributed by atoms with Crippen molar-refractivity contribution in [1.82, 2.24) is 24.9 Å². The zero-order valence-corrected chi connectivity index (χ0v) is 34.1. The van der Waals surface area contributed by atoms with E-state index < -0.39 is 21.6 Å². The highest BCUT2D eigenvalue weighted by molar-refractivity contribution is 7.89. The molecule has 3 heterocycles. The van der Waals surface area contributed by atoms with Gasteiger partial charge in [0.15, 0.2) is 5.78 Å². The molecule has 12 nitrogen and oxygen atoms in total. The van der Waals surface area contributed by atoms with E-state index in [1.165, 1.54) is 11.3 Å². The maximum absolute atomic E-state index is 13.2. The summed E-state index contributed by atoms with van der Waals surface area (Å²) in [6.45, 7) is 12.6. The number of hydrogen-bond donors (Lipinski definition) is 3. The van der Waals surface area contributed by atoms with Gasteiger partial charge in [-0.3, -0.25) is 14.4 Å². The Balaban J connectivity index is 0.920. The molecule has 2 aromatic carbocycles. The van der Waals surface area contributed by atoms with Crippen molar-refractivity contribution in [2.24, 2.45) is 0 Å². The molecule has 56 heavy (non-hydrogen) atoms. The van der Waals surface area contributed by atoms with Crippen molar-refractivity contribution in [2.75, 3.05) is 18.5 Å². The van der Waals surface area contributed by atoms with Gasteiger partial charge in [0.05, 0.1) is 23.1 Å². The number of sulfonamides is 1. The number of aryl methyl sites for hydroxylation is 2. The Hall–Kier alpha value is -4.92. The van der Waals surface area contributed by atoms with E-state index in [0.717, 1.165) is 40.0 Å². The SMILES string of the molecule is C=C1CCC[C@H](N2Cc3c(csc3CCC(=O)NCCCOc3ccc(Cc4ncc(C)c(Nc5cccc(S(=O)(=O)NC(C)(C)C)c5)n4)cc3)C2=O)C(=O)C1. The minimum atomic E-state index is -3.69. The minimum Gasteiger partial charge on any atom is -0.494 e. The summed E-state index contributed by atoms with van der Waals surface area (Å²) in [5, 5.41) is 8.09. The van der Waals surface area contributed by atoms with E-state index in [1.54, 1.807) is 56.1 Å². The standard InChI is InChI=1S/C42H50N6O6S2/c1-27-9-6-12-35(36(49)21-27)48-25-33-34(41(48)51)26-55-37(33)17-18-39(50)43-19-8-20-54-31-15-13-29(14-16-31)22-38-44-24-28(2)40(46-38)45-30-10-7-11-32(23-30)56(52,53)47-42(3,4)5/h7,10-11,13-16,23-24,26,35,47H,1,6,8-9,12,17-22,25H2,2-5H3,(H,43,50)(H,44,45,46)/t35-/m0/s1. The fourth-order valence-electron chi connectivity index (χ4n) is 6.84. The van der Waals surface area contributed by atoms with Gasteiger partial charge in [-0.2, -0.15) is 0 Å². The zero-order chi connectivity index (χ0) is 40.0. The Morgan fingerprint density at radius 2 is 1.91 bits per heavy atom. The van der Waals surface area contributed by atoms with Crippen molar-refractivity contribution in [1.29, 1.82) is 0 Å². The number of amides is 2. The van der Waals surface area contributed by atoms with Gasteiger partial charge in [-0.1, -0.05) is 30.4 Å². The monoisotopic (exact) mass is 798 g/mol. The number of anilines is 2. The molecule has 0 radical (unpaired) electrons. The van der Waals surface area contributed by atoms with Gasteiger partial charge in [-0.05, 0) is 101 Å². The highest BCUT2D eigenvalue weighted by Gasteiger charge is 2.38. The second kappa shape index (κ2) is 17.5. The molecular formula is C42H50N6O6S2. The number of carbonyl (C=O) groups excluding carboxylic acids is 3. The number of benzene rings is 2. The first-order valence-electron chi connectivity index (χ1n) is 19.0. The van der Waals surface area contributed by atoms with Crippen molar-refractivity contribution >= 4 is 50.5 Å². The van der Waals surface area contributed by atoms with Crippen LogP contribution in [-0.4, -0.2) is 65.6 Å². The molecule has 0 saturated heterocycles. The third kappa shape index (κ3) is 10.5. The summed E-state index contributed by atoms with van der Waals surface area (Å²) < 4.78 is 34.3. The number of ether oxygens (including phenoxy) is 1. The maximum atomic E-state index is 13.2. The molecule has 1 fully saturated rings. The Morgan fingerprint density at radius 1 is 1.12 bits per heavy atom. The van der Waals surface area contributed by atoms with E-state index >= 15 is 0 Å². The van der Waals surface area contributed by atoms with Crippen molar-refractivity contribution in [3.8, 4) is 5.75 Å². The fourth-order valence-corrected chi connectivity index (χ4v) is 9.35. The Kier molecular flexibility index (Phi) is 12.7. The summed E-state index contributed by atoms with van der Waals surface area (Å²) >= 11 is 1.51. The van der Waals surface area contributed by atoms with E-state index in [4.69, 9.17) is 9.72 Å². The first kappa shape index (κ1) is 40.7. The Morgan fingerprint density at radius 3 is 2.68 bits per heavy atom. The lowest BCUT2D eigenvalue weighted by Gasteiger charge is -2.25. The molecule has 0 spiro atoms. The van der Waals surface area contributed by atoms with Crippen LogP contribution in [-0.2, 0) is 39.0 Å². The zero-order valence-electron chi connectivity index (χ0n) is 32.4. The van der Waals surface area contributed by atoms with Gasteiger partial charge in [0, 0.05) is 65.6 Å². The van der Waals surface area contributed by atoms with E-state index in [0.29, 0.717) is 86.9 Å². The summed E-state index contributed by atoms with van der Waals surface area (Å²) in [7, 11) is -3.69. The number of allylic oxidation sites excluding steroid dienone is 1. The van der Waals surface area contributed by atoms with Crippen LogP contribution >= 0.6 is 11.3 Å². The largest absolute Gasteiger partial charge is 0.494 e. The van der Waals surface area contributed by atoms with Crippen LogP contribution in [0.3, 0.4) is 0 Å².